The highest BCUT2D eigenvalue weighted by atomic mass is 16.6. The fraction of sp³-hybridized carbons (Fsp3) is 0.742. The van der Waals surface area contributed by atoms with Gasteiger partial charge < -0.3 is 25.2 Å². The fourth-order valence-corrected chi connectivity index (χ4v) is 10.00. The molecule has 2 heterocycles. The Labute approximate surface area is 231 Å². The monoisotopic (exact) mass is 537 g/mol. The van der Waals surface area contributed by atoms with Crippen LogP contribution < -0.4 is 15.4 Å². The lowest BCUT2D eigenvalue weighted by molar-refractivity contribution is -0.224. The van der Waals surface area contributed by atoms with Crippen molar-refractivity contribution in [3.05, 3.63) is 23.3 Å². The Morgan fingerprint density at radius 1 is 1.26 bits per heavy atom. The van der Waals surface area contributed by atoms with E-state index in [1.807, 2.05) is 20.1 Å². The molecule has 1 aromatic rings. The maximum absolute atomic E-state index is 13.2. The van der Waals surface area contributed by atoms with Crippen molar-refractivity contribution in [1.82, 2.24) is 15.5 Å². The van der Waals surface area contributed by atoms with Gasteiger partial charge in [0.1, 0.15) is 17.7 Å². The summed E-state index contributed by atoms with van der Waals surface area (Å²) in [5.41, 5.74) is 1.86. The van der Waals surface area contributed by atoms with Crippen molar-refractivity contribution in [1.29, 1.82) is 0 Å². The van der Waals surface area contributed by atoms with E-state index in [2.05, 4.69) is 21.6 Å². The molecule has 7 atom stereocenters. The van der Waals surface area contributed by atoms with E-state index < -0.39 is 11.6 Å². The Hall–Kier alpha value is -2.32. The number of fused-ring (bicyclic) bond motifs is 3. The zero-order chi connectivity index (χ0) is 27.2. The summed E-state index contributed by atoms with van der Waals surface area (Å²) in [4.78, 5) is 27.7. The van der Waals surface area contributed by atoms with Crippen molar-refractivity contribution >= 4 is 11.8 Å². The lowest BCUT2D eigenvalue weighted by Gasteiger charge is -2.69. The molecular weight excluding hydrogens is 494 g/mol. The molecule has 8 rings (SSSR count). The van der Waals surface area contributed by atoms with Gasteiger partial charge in [-0.3, -0.25) is 14.5 Å². The number of rotatable bonds is 8. The number of carbonyl (C=O) groups is 2. The standard InChI is InChI=1S/C31H43N3O5/c1-4-22(33-18(2)35)27(37)32-16-21-15-29-10-5-11-31(21,38-3)28-30(29)12-13-34(17-19-6-7-19)24(29)14-20-8-9-23(36)26(39-28)25(20)30/h8-9,19,21-22,24,28,36H,4-7,10-17H2,1-3H3,(H,32,37)(H,33,35)/t21-,22?,24?,28-,29-,30+,31-/m1/s1. The second-order valence-electron chi connectivity index (χ2n) is 13.3. The molecule has 8 heteroatoms. The van der Waals surface area contributed by atoms with Crippen molar-refractivity contribution in [2.75, 3.05) is 26.7 Å². The van der Waals surface area contributed by atoms with Crippen LogP contribution in [0, 0.1) is 17.3 Å². The number of likely N-dealkylation sites (tertiary alicyclic amines) is 1. The topological polar surface area (TPSA) is 100 Å². The molecule has 212 valence electrons. The summed E-state index contributed by atoms with van der Waals surface area (Å²) < 4.78 is 13.5. The summed E-state index contributed by atoms with van der Waals surface area (Å²) in [6, 6.07) is 3.85. The van der Waals surface area contributed by atoms with Gasteiger partial charge in [0.2, 0.25) is 11.8 Å². The second-order valence-corrected chi connectivity index (χ2v) is 13.3. The third-order valence-corrected chi connectivity index (χ3v) is 11.7. The largest absolute Gasteiger partial charge is 0.504 e. The van der Waals surface area contributed by atoms with Crippen LogP contribution in [0.3, 0.4) is 0 Å². The molecule has 4 saturated carbocycles. The summed E-state index contributed by atoms with van der Waals surface area (Å²) in [5, 5.41) is 17.0. The highest BCUT2D eigenvalue weighted by molar-refractivity contribution is 5.86. The summed E-state index contributed by atoms with van der Waals surface area (Å²) in [7, 11) is 1.81. The first-order valence-corrected chi connectivity index (χ1v) is 15.2. The zero-order valence-corrected chi connectivity index (χ0v) is 23.6. The first-order valence-electron chi connectivity index (χ1n) is 15.2. The molecule has 39 heavy (non-hydrogen) atoms. The average molecular weight is 538 g/mol. The summed E-state index contributed by atoms with van der Waals surface area (Å²) in [6.45, 7) is 6.10. The number of hydrogen-bond donors (Lipinski definition) is 3. The molecule has 4 bridgehead atoms. The second kappa shape index (κ2) is 8.84. The number of ether oxygens (including phenoxy) is 2. The van der Waals surface area contributed by atoms with Gasteiger partial charge in [-0.05, 0) is 81.9 Å². The number of aromatic hydroxyl groups is 1. The average Bonchev–Trinajstić information content (AvgIpc) is 3.70. The number of benzene rings is 1. The molecule has 2 aliphatic heterocycles. The van der Waals surface area contributed by atoms with Crippen LogP contribution in [-0.2, 0) is 26.2 Å². The van der Waals surface area contributed by atoms with Crippen LogP contribution >= 0.6 is 0 Å². The van der Waals surface area contributed by atoms with Gasteiger partial charge in [0.05, 0.1) is 0 Å². The predicted molar refractivity (Wildman–Crippen MR) is 146 cm³/mol. The molecule has 5 aliphatic carbocycles. The van der Waals surface area contributed by atoms with Crippen molar-refractivity contribution < 1.29 is 24.2 Å². The van der Waals surface area contributed by atoms with Gasteiger partial charge in [0, 0.05) is 55.5 Å². The van der Waals surface area contributed by atoms with E-state index in [0.29, 0.717) is 24.8 Å². The minimum Gasteiger partial charge on any atom is -0.504 e. The van der Waals surface area contributed by atoms with Gasteiger partial charge in [-0.25, -0.2) is 0 Å². The summed E-state index contributed by atoms with van der Waals surface area (Å²) in [5.74, 6) is 1.48. The Kier molecular flexibility index (Phi) is 5.81. The van der Waals surface area contributed by atoms with E-state index in [4.69, 9.17) is 9.47 Å². The van der Waals surface area contributed by atoms with E-state index in [-0.39, 0.29) is 40.4 Å². The van der Waals surface area contributed by atoms with Crippen LogP contribution in [-0.4, -0.2) is 72.4 Å². The molecule has 2 amide bonds. The highest BCUT2D eigenvalue weighted by Gasteiger charge is 2.78. The van der Waals surface area contributed by atoms with Crippen molar-refractivity contribution in [3.8, 4) is 11.5 Å². The van der Waals surface area contributed by atoms with Crippen LogP contribution in [0.15, 0.2) is 12.1 Å². The summed E-state index contributed by atoms with van der Waals surface area (Å²) in [6.07, 6.45) is 9.08. The number of piperidine rings is 1. The van der Waals surface area contributed by atoms with Gasteiger partial charge in [-0.1, -0.05) is 13.0 Å². The number of phenolic OH excluding ortho intramolecular Hbond substituents is 1. The molecule has 1 aromatic carbocycles. The van der Waals surface area contributed by atoms with Crippen LogP contribution in [0.5, 0.6) is 11.5 Å². The Morgan fingerprint density at radius 3 is 2.79 bits per heavy atom. The third-order valence-electron chi connectivity index (χ3n) is 11.7. The normalized spacial score (nSPS) is 38.4. The van der Waals surface area contributed by atoms with E-state index in [9.17, 15) is 14.7 Å². The number of phenols is 1. The molecule has 5 fully saturated rings. The van der Waals surface area contributed by atoms with Crippen LogP contribution in [0.1, 0.15) is 76.3 Å². The smallest absolute Gasteiger partial charge is 0.242 e. The van der Waals surface area contributed by atoms with Crippen LogP contribution in [0.2, 0.25) is 0 Å². The van der Waals surface area contributed by atoms with E-state index >= 15 is 0 Å². The first kappa shape index (κ1) is 25.6. The highest BCUT2D eigenvalue weighted by Crippen LogP contribution is 2.75. The van der Waals surface area contributed by atoms with Crippen LogP contribution in [0.25, 0.3) is 0 Å². The molecule has 2 unspecified atom stereocenters. The van der Waals surface area contributed by atoms with Gasteiger partial charge in [-0.15, -0.1) is 0 Å². The molecule has 0 aromatic heterocycles. The van der Waals surface area contributed by atoms with Crippen molar-refractivity contribution in [2.45, 2.75) is 101 Å². The first-order chi connectivity index (χ1) is 18.8. The fourth-order valence-electron chi connectivity index (χ4n) is 10.00. The lowest BCUT2D eigenvalue weighted by Crippen LogP contribution is -2.77. The summed E-state index contributed by atoms with van der Waals surface area (Å²) >= 11 is 0. The van der Waals surface area contributed by atoms with Gasteiger partial charge >= 0.3 is 0 Å². The molecule has 3 N–H and O–H groups in total. The number of amides is 2. The molecular formula is C31H43N3O5. The Bertz CT molecular complexity index is 1200. The number of nitrogens with one attached hydrogen (secondary N) is 2. The Balaban J connectivity index is 1.31. The van der Waals surface area contributed by atoms with Crippen molar-refractivity contribution in [3.63, 3.8) is 0 Å². The molecule has 7 aliphatic rings. The Morgan fingerprint density at radius 2 is 2.08 bits per heavy atom. The van der Waals surface area contributed by atoms with Gasteiger partial charge in [0.25, 0.3) is 0 Å². The number of nitrogens with zero attached hydrogens (tertiary/aromatic N) is 1. The lowest BCUT2D eigenvalue weighted by atomic mass is 9.40. The van der Waals surface area contributed by atoms with Gasteiger partial charge in [0.15, 0.2) is 11.5 Å². The maximum atomic E-state index is 13.2. The zero-order valence-electron chi connectivity index (χ0n) is 23.6. The quantitative estimate of drug-likeness (QED) is 0.472. The molecule has 8 nitrogen and oxygen atoms in total. The van der Waals surface area contributed by atoms with Gasteiger partial charge in [-0.2, -0.15) is 0 Å². The van der Waals surface area contributed by atoms with Crippen LogP contribution in [0.4, 0.5) is 0 Å². The minimum atomic E-state index is -0.563. The van der Waals surface area contributed by atoms with E-state index in [1.165, 1.54) is 37.4 Å². The molecule has 2 spiro atoms. The van der Waals surface area contributed by atoms with E-state index in [0.717, 1.165) is 51.0 Å². The maximum Gasteiger partial charge on any atom is 0.242 e. The minimum absolute atomic E-state index is 0.00651. The third kappa shape index (κ3) is 3.36. The number of methoxy groups -OCH3 is 1. The predicted octanol–water partition coefficient (Wildman–Crippen LogP) is 3.04. The van der Waals surface area contributed by atoms with Crippen molar-refractivity contribution in [2.24, 2.45) is 17.3 Å². The molecule has 0 radical (unpaired) electrons. The number of hydrogen-bond acceptors (Lipinski definition) is 6. The van der Waals surface area contributed by atoms with E-state index in [1.54, 1.807) is 0 Å². The SMILES string of the molecule is CCC(NC(C)=O)C(=O)NC[C@H]1C[C@@]23CCC[C@]1(OC)[C@@H]1Oc4c(O)ccc5c4[C@@]12CCN(CC1CC1)C3C5. The molecule has 1 saturated heterocycles. The number of carbonyl (C=O) groups excluding carboxylic acids is 2.